The molecule has 1 atom stereocenters. The van der Waals surface area contributed by atoms with Gasteiger partial charge in [0.15, 0.2) is 5.78 Å². The van der Waals surface area contributed by atoms with E-state index in [-0.39, 0.29) is 11.3 Å². The lowest BCUT2D eigenvalue weighted by molar-refractivity contribution is -0.178. The van der Waals surface area contributed by atoms with Crippen LogP contribution in [0, 0.1) is 17.6 Å². The summed E-state index contributed by atoms with van der Waals surface area (Å²) in [7, 11) is 0. The normalized spacial score (nSPS) is 18.9. The molecule has 0 aromatic heterocycles. The summed E-state index contributed by atoms with van der Waals surface area (Å²) in [6.07, 6.45) is -4.92. The average molecular weight is 319 g/mol. The maximum absolute atomic E-state index is 13.0. The molecule has 0 heterocycles. The second-order valence-electron chi connectivity index (χ2n) is 4.89. The third-order valence-corrected chi connectivity index (χ3v) is 3.11. The number of alkyl halides is 3. The van der Waals surface area contributed by atoms with Gasteiger partial charge in [0, 0.05) is 29.8 Å². The molecule has 1 amide bonds. The lowest BCUT2D eigenvalue weighted by atomic mass is 9.90. The minimum Gasteiger partial charge on any atom is -0.326 e. The second-order valence-corrected chi connectivity index (χ2v) is 4.89. The maximum atomic E-state index is 13.0. The zero-order valence-electron chi connectivity index (χ0n) is 11.0. The summed E-state index contributed by atoms with van der Waals surface area (Å²) in [4.78, 5) is 23.1. The summed E-state index contributed by atoms with van der Waals surface area (Å²) in [6.45, 7) is 0. The summed E-state index contributed by atoms with van der Waals surface area (Å²) in [6, 6.07) is 2.04. The highest BCUT2D eigenvalue weighted by molar-refractivity contribution is 5.97. The number of halogens is 5. The predicted octanol–water partition coefficient (Wildman–Crippen LogP) is 3.12. The first-order chi connectivity index (χ1) is 10.1. The van der Waals surface area contributed by atoms with Gasteiger partial charge in [-0.25, -0.2) is 8.78 Å². The molecule has 22 heavy (non-hydrogen) atoms. The fourth-order valence-electron chi connectivity index (χ4n) is 2.11. The lowest BCUT2D eigenvalue weighted by Crippen LogP contribution is -2.33. The molecule has 0 bridgehead atoms. The van der Waals surface area contributed by atoms with E-state index in [1.54, 1.807) is 0 Å². The van der Waals surface area contributed by atoms with Crippen molar-refractivity contribution in [1.29, 1.82) is 0 Å². The number of ketones is 1. The monoisotopic (exact) mass is 319 g/mol. The third kappa shape index (κ3) is 3.90. The highest BCUT2D eigenvalue weighted by Gasteiger charge is 2.42. The van der Waals surface area contributed by atoms with E-state index < -0.39 is 48.3 Å². The Morgan fingerprint density at radius 3 is 2.23 bits per heavy atom. The van der Waals surface area contributed by atoms with Crippen LogP contribution in [0.5, 0.6) is 0 Å². The van der Waals surface area contributed by atoms with E-state index in [0.717, 1.165) is 18.2 Å². The van der Waals surface area contributed by atoms with Crippen molar-refractivity contribution in [1.82, 2.24) is 5.32 Å². The number of allylic oxidation sites excluding steroid dienone is 2. The van der Waals surface area contributed by atoms with E-state index in [9.17, 15) is 31.5 Å². The second kappa shape index (κ2) is 5.86. The molecular formula is C14H10F5NO2. The molecule has 118 valence electrons. The molecule has 0 saturated heterocycles. The first-order valence-electron chi connectivity index (χ1n) is 6.22. The number of carbonyl (C=O) groups is 2. The molecule has 1 N–H and O–H groups in total. The van der Waals surface area contributed by atoms with Crippen LogP contribution in [0.15, 0.2) is 30.0 Å². The molecule has 1 aliphatic carbocycles. The fraction of sp³-hybridized carbons (Fsp3) is 0.286. The Hall–Kier alpha value is -2.25. The Balaban J connectivity index is 2.15. The summed E-state index contributed by atoms with van der Waals surface area (Å²) in [5.41, 5.74) is -0.617. The van der Waals surface area contributed by atoms with E-state index in [4.69, 9.17) is 0 Å². The number of hydrogen-bond acceptors (Lipinski definition) is 2. The standard InChI is InChI=1S/C14H10F5NO2/c15-9-1-7(2-10(16)5-9)13(22)20-11-3-8(14(17,18)19)4-12(21)6-11/h1-2,5-6,8H,3-4H2,(H,20,22). The molecule has 1 aromatic carbocycles. The van der Waals surface area contributed by atoms with Gasteiger partial charge in [-0.2, -0.15) is 13.2 Å². The molecule has 1 aromatic rings. The predicted molar refractivity (Wildman–Crippen MR) is 65.7 cm³/mol. The zero-order chi connectivity index (χ0) is 16.5. The Kier molecular flexibility index (Phi) is 4.30. The van der Waals surface area contributed by atoms with Crippen LogP contribution in [0.4, 0.5) is 22.0 Å². The van der Waals surface area contributed by atoms with Gasteiger partial charge in [-0.05, 0) is 18.6 Å². The molecule has 0 radical (unpaired) electrons. The van der Waals surface area contributed by atoms with Gasteiger partial charge >= 0.3 is 6.18 Å². The first-order valence-corrected chi connectivity index (χ1v) is 6.22. The molecule has 0 aliphatic heterocycles. The Morgan fingerprint density at radius 1 is 1.09 bits per heavy atom. The van der Waals surface area contributed by atoms with Crippen molar-refractivity contribution in [2.24, 2.45) is 5.92 Å². The largest absolute Gasteiger partial charge is 0.392 e. The van der Waals surface area contributed by atoms with Gasteiger partial charge < -0.3 is 5.32 Å². The van der Waals surface area contributed by atoms with Crippen LogP contribution < -0.4 is 5.32 Å². The minimum atomic E-state index is -4.56. The Bertz CT molecular complexity index is 631. The summed E-state index contributed by atoms with van der Waals surface area (Å²) in [5.74, 6) is -5.63. The van der Waals surface area contributed by atoms with Crippen molar-refractivity contribution in [2.75, 3.05) is 0 Å². The molecule has 2 rings (SSSR count). The molecule has 8 heteroatoms. The molecular weight excluding hydrogens is 309 g/mol. The van der Waals surface area contributed by atoms with Crippen molar-refractivity contribution < 1.29 is 31.5 Å². The quantitative estimate of drug-likeness (QED) is 0.851. The van der Waals surface area contributed by atoms with Gasteiger partial charge in [-0.3, -0.25) is 9.59 Å². The molecule has 3 nitrogen and oxygen atoms in total. The summed E-state index contributed by atoms with van der Waals surface area (Å²) >= 11 is 0. The van der Waals surface area contributed by atoms with Crippen molar-refractivity contribution in [3.05, 3.63) is 47.2 Å². The van der Waals surface area contributed by atoms with Gasteiger partial charge in [0.25, 0.3) is 5.91 Å². The highest BCUT2D eigenvalue weighted by Crippen LogP contribution is 2.35. The van der Waals surface area contributed by atoms with Crippen LogP contribution in [0.2, 0.25) is 0 Å². The van der Waals surface area contributed by atoms with E-state index in [0.29, 0.717) is 6.07 Å². The third-order valence-electron chi connectivity index (χ3n) is 3.11. The van der Waals surface area contributed by atoms with Gasteiger partial charge in [-0.1, -0.05) is 0 Å². The smallest absolute Gasteiger partial charge is 0.326 e. The highest BCUT2D eigenvalue weighted by atomic mass is 19.4. The average Bonchev–Trinajstić information content (AvgIpc) is 2.35. The van der Waals surface area contributed by atoms with E-state index >= 15 is 0 Å². The topological polar surface area (TPSA) is 46.2 Å². The van der Waals surface area contributed by atoms with E-state index in [2.05, 4.69) is 5.32 Å². The summed E-state index contributed by atoms with van der Waals surface area (Å²) in [5, 5.41) is 2.09. The lowest BCUT2D eigenvalue weighted by Gasteiger charge is -2.24. The van der Waals surface area contributed by atoms with Crippen LogP contribution >= 0.6 is 0 Å². The minimum absolute atomic E-state index is 0.228. The van der Waals surface area contributed by atoms with E-state index in [1.807, 2.05) is 0 Å². The van der Waals surface area contributed by atoms with Crippen molar-refractivity contribution in [2.45, 2.75) is 19.0 Å². The van der Waals surface area contributed by atoms with Crippen LogP contribution in [0.25, 0.3) is 0 Å². The molecule has 1 unspecified atom stereocenters. The number of rotatable bonds is 2. The Morgan fingerprint density at radius 2 is 1.68 bits per heavy atom. The van der Waals surface area contributed by atoms with Crippen molar-refractivity contribution in [3.63, 3.8) is 0 Å². The van der Waals surface area contributed by atoms with Gasteiger partial charge in [0.1, 0.15) is 11.6 Å². The zero-order valence-corrected chi connectivity index (χ0v) is 11.0. The number of hydrogen-bond donors (Lipinski definition) is 1. The van der Waals surface area contributed by atoms with Gasteiger partial charge in [0.05, 0.1) is 5.92 Å². The van der Waals surface area contributed by atoms with Crippen LogP contribution in [0.1, 0.15) is 23.2 Å². The van der Waals surface area contributed by atoms with Crippen molar-refractivity contribution >= 4 is 11.7 Å². The maximum Gasteiger partial charge on any atom is 0.392 e. The van der Waals surface area contributed by atoms with Gasteiger partial charge in [0.2, 0.25) is 0 Å². The number of nitrogens with one attached hydrogen (secondary N) is 1. The number of carbonyl (C=O) groups excluding carboxylic acids is 2. The van der Waals surface area contributed by atoms with Crippen LogP contribution in [-0.2, 0) is 4.79 Å². The Labute approximate surface area is 121 Å². The van der Waals surface area contributed by atoms with Crippen LogP contribution in [0.3, 0.4) is 0 Å². The van der Waals surface area contributed by atoms with Gasteiger partial charge in [-0.15, -0.1) is 0 Å². The SMILES string of the molecule is O=C1C=C(NC(=O)c2cc(F)cc(F)c2)CC(C(F)(F)F)C1. The first kappa shape index (κ1) is 16.1. The van der Waals surface area contributed by atoms with Crippen LogP contribution in [-0.4, -0.2) is 17.9 Å². The fourth-order valence-corrected chi connectivity index (χ4v) is 2.11. The molecule has 0 fully saturated rings. The molecule has 0 spiro atoms. The van der Waals surface area contributed by atoms with Crippen molar-refractivity contribution in [3.8, 4) is 0 Å². The summed E-state index contributed by atoms with van der Waals surface area (Å²) < 4.78 is 64.0. The molecule has 0 saturated carbocycles. The number of benzene rings is 1. The van der Waals surface area contributed by atoms with E-state index in [1.165, 1.54) is 0 Å². The number of amides is 1. The molecule has 1 aliphatic rings.